The van der Waals surface area contributed by atoms with E-state index in [0.29, 0.717) is 6.04 Å². The zero-order chi connectivity index (χ0) is 8.97. The maximum Gasteiger partial charge on any atom is 0.0228 e. The molecule has 0 aromatic heterocycles. The van der Waals surface area contributed by atoms with Gasteiger partial charge in [0, 0.05) is 6.04 Å². The number of nitrogens with two attached hydrogens (primary N) is 1. The van der Waals surface area contributed by atoms with Crippen molar-refractivity contribution in [2.45, 2.75) is 52.0 Å². The molecule has 1 nitrogen and oxygen atoms in total. The fourth-order valence-electron chi connectivity index (χ4n) is 2.13. The van der Waals surface area contributed by atoms with Crippen LogP contribution in [0.5, 0.6) is 0 Å². The Balaban J connectivity index is 2.25. The van der Waals surface area contributed by atoms with E-state index in [0.717, 1.165) is 5.92 Å². The van der Waals surface area contributed by atoms with Crippen LogP contribution in [-0.2, 0) is 0 Å². The Hall–Kier alpha value is -0.300. The Kier molecular flexibility index (Phi) is 3.80. The van der Waals surface area contributed by atoms with Crippen LogP contribution in [0.15, 0.2) is 11.6 Å². The molecule has 0 saturated heterocycles. The van der Waals surface area contributed by atoms with E-state index in [1.807, 2.05) is 0 Å². The van der Waals surface area contributed by atoms with Crippen molar-refractivity contribution in [1.29, 1.82) is 0 Å². The Morgan fingerprint density at radius 2 is 2.00 bits per heavy atom. The van der Waals surface area contributed by atoms with Crippen LogP contribution in [0.4, 0.5) is 0 Å². The van der Waals surface area contributed by atoms with Crippen LogP contribution in [0.3, 0.4) is 0 Å². The topological polar surface area (TPSA) is 26.0 Å². The van der Waals surface area contributed by atoms with Crippen molar-refractivity contribution in [3.8, 4) is 0 Å². The van der Waals surface area contributed by atoms with Gasteiger partial charge in [0.15, 0.2) is 0 Å². The molecule has 1 heteroatoms. The van der Waals surface area contributed by atoms with Crippen LogP contribution in [0, 0.1) is 5.92 Å². The fourth-order valence-corrected chi connectivity index (χ4v) is 2.13. The minimum atomic E-state index is 0.304. The van der Waals surface area contributed by atoms with Crippen molar-refractivity contribution in [2.24, 2.45) is 11.7 Å². The first-order chi connectivity index (χ1) is 5.68. The van der Waals surface area contributed by atoms with E-state index in [2.05, 4.69) is 19.9 Å². The van der Waals surface area contributed by atoms with E-state index in [-0.39, 0.29) is 0 Å². The second kappa shape index (κ2) is 4.66. The predicted octanol–water partition coefficient (Wildman–Crippen LogP) is 2.86. The third-order valence-corrected chi connectivity index (χ3v) is 2.63. The van der Waals surface area contributed by atoms with Gasteiger partial charge < -0.3 is 5.73 Å². The van der Waals surface area contributed by atoms with E-state index in [1.165, 1.54) is 37.7 Å². The van der Waals surface area contributed by atoms with Gasteiger partial charge in [0.05, 0.1) is 0 Å². The van der Waals surface area contributed by atoms with Gasteiger partial charge in [-0.25, -0.2) is 0 Å². The summed E-state index contributed by atoms with van der Waals surface area (Å²) in [6, 6.07) is 0.304. The summed E-state index contributed by atoms with van der Waals surface area (Å²) in [4.78, 5) is 0. The molecule has 12 heavy (non-hydrogen) atoms. The van der Waals surface area contributed by atoms with Gasteiger partial charge >= 0.3 is 0 Å². The van der Waals surface area contributed by atoms with Crippen molar-refractivity contribution >= 4 is 0 Å². The van der Waals surface area contributed by atoms with Crippen LogP contribution >= 0.6 is 0 Å². The van der Waals surface area contributed by atoms with Crippen LogP contribution < -0.4 is 5.73 Å². The molecular weight excluding hydrogens is 146 g/mol. The minimum absolute atomic E-state index is 0.304. The van der Waals surface area contributed by atoms with Crippen molar-refractivity contribution in [3.63, 3.8) is 0 Å². The SMILES string of the molecule is CC(C)=CC(N)CC1CCCC1. The molecule has 1 fully saturated rings. The number of rotatable bonds is 3. The van der Waals surface area contributed by atoms with Gasteiger partial charge in [0.2, 0.25) is 0 Å². The summed E-state index contributed by atoms with van der Waals surface area (Å²) in [6.07, 6.45) is 9.05. The summed E-state index contributed by atoms with van der Waals surface area (Å²) >= 11 is 0. The smallest absolute Gasteiger partial charge is 0.0228 e. The molecule has 70 valence electrons. The number of hydrogen-bond acceptors (Lipinski definition) is 1. The highest BCUT2D eigenvalue weighted by molar-refractivity contribution is 5.00. The lowest BCUT2D eigenvalue weighted by Crippen LogP contribution is -2.20. The summed E-state index contributed by atoms with van der Waals surface area (Å²) in [5.41, 5.74) is 7.33. The molecule has 0 amide bonds. The molecule has 1 aliphatic carbocycles. The summed E-state index contributed by atoms with van der Waals surface area (Å²) < 4.78 is 0. The third kappa shape index (κ3) is 3.40. The molecule has 0 spiro atoms. The molecule has 2 N–H and O–H groups in total. The lowest BCUT2D eigenvalue weighted by Gasteiger charge is -2.12. The van der Waals surface area contributed by atoms with Crippen molar-refractivity contribution in [2.75, 3.05) is 0 Å². The maximum absolute atomic E-state index is 5.98. The highest BCUT2D eigenvalue weighted by Gasteiger charge is 2.16. The zero-order valence-electron chi connectivity index (χ0n) is 8.34. The van der Waals surface area contributed by atoms with Crippen molar-refractivity contribution < 1.29 is 0 Å². The van der Waals surface area contributed by atoms with E-state index in [4.69, 9.17) is 5.73 Å². The molecule has 1 aliphatic rings. The van der Waals surface area contributed by atoms with Crippen LogP contribution in [-0.4, -0.2) is 6.04 Å². The van der Waals surface area contributed by atoms with Crippen molar-refractivity contribution in [1.82, 2.24) is 0 Å². The Morgan fingerprint density at radius 3 is 2.50 bits per heavy atom. The Labute approximate surface area is 76.0 Å². The molecule has 1 rings (SSSR count). The summed E-state index contributed by atoms with van der Waals surface area (Å²) in [5.74, 6) is 0.913. The number of hydrogen-bond donors (Lipinski definition) is 1. The molecule has 1 saturated carbocycles. The second-order valence-electron chi connectivity index (χ2n) is 4.29. The van der Waals surface area contributed by atoms with Gasteiger partial charge in [-0.1, -0.05) is 37.3 Å². The molecule has 0 aromatic carbocycles. The van der Waals surface area contributed by atoms with E-state index in [9.17, 15) is 0 Å². The molecule has 0 bridgehead atoms. The van der Waals surface area contributed by atoms with Crippen LogP contribution in [0.1, 0.15) is 46.0 Å². The molecule has 0 heterocycles. The first-order valence-corrected chi connectivity index (χ1v) is 5.09. The van der Waals surface area contributed by atoms with Gasteiger partial charge in [-0.15, -0.1) is 0 Å². The molecule has 0 aromatic rings. The summed E-state index contributed by atoms with van der Waals surface area (Å²) in [6.45, 7) is 4.24. The van der Waals surface area contributed by atoms with E-state index < -0.39 is 0 Å². The minimum Gasteiger partial charge on any atom is -0.324 e. The van der Waals surface area contributed by atoms with E-state index in [1.54, 1.807) is 0 Å². The normalized spacial score (nSPS) is 20.9. The maximum atomic E-state index is 5.98. The lowest BCUT2D eigenvalue weighted by molar-refractivity contribution is 0.476. The summed E-state index contributed by atoms with van der Waals surface area (Å²) in [5, 5.41) is 0. The highest BCUT2D eigenvalue weighted by atomic mass is 14.6. The molecule has 0 radical (unpaired) electrons. The predicted molar refractivity (Wildman–Crippen MR) is 54.0 cm³/mol. The first-order valence-electron chi connectivity index (χ1n) is 5.09. The molecular formula is C11H21N. The van der Waals surface area contributed by atoms with Gasteiger partial charge in [0.1, 0.15) is 0 Å². The standard InChI is InChI=1S/C11H21N/c1-9(2)7-11(12)8-10-5-3-4-6-10/h7,10-11H,3-6,8,12H2,1-2H3. The fraction of sp³-hybridized carbons (Fsp3) is 0.818. The first kappa shape index (κ1) is 9.79. The largest absolute Gasteiger partial charge is 0.324 e. The molecule has 1 atom stereocenters. The lowest BCUT2D eigenvalue weighted by atomic mass is 9.98. The average molecular weight is 167 g/mol. The van der Waals surface area contributed by atoms with Gasteiger partial charge in [-0.3, -0.25) is 0 Å². The molecule has 0 aliphatic heterocycles. The third-order valence-electron chi connectivity index (χ3n) is 2.63. The van der Waals surface area contributed by atoms with Gasteiger partial charge in [0.25, 0.3) is 0 Å². The van der Waals surface area contributed by atoms with Crippen LogP contribution in [0.25, 0.3) is 0 Å². The van der Waals surface area contributed by atoms with Crippen LogP contribution in [0.2, 0.25) is 0 Å². The number of allylic oxidation sites excluding steroid dienone is 1. The Morgan fingerprint density at radius 1 is 1.42 bits per heavy atom. The second-order valence-corrected chi connectivity index (χ2v) is 4.29. The van der Waals surface area contributed by atoms with E-state index >= 15 is 0 Å². The van der Waals surface area contributed by atoms with Gasteiger partial charge in [-0.2, -0.15) is 0 Å². The Bertz CT molecular complexity index is 150. The summed E-state index contributed by atoms with van der Waals surface area (Å²) in [7, 11) is 0. The monoisotopic (exact) mass is 167 g/mol. The van der Waals surface area contributed by atoms with Crippen molar-refractivity contribution in [3.05, 3.63) is 11.6 Å². The molecule has 1 unspecified atom stereocenters. The quantitative estimate of drug-likeness (QED) is 0.643. The average Bonchev–Trinajstić information content (AvgIpc) is 2.37. The van der Waals surface area contributed by atoms with Gasteiger partial charge in [-0.05, 0) is 26.2 Å². The highest BCUT2D eigenvalue weighted by Crippen LogP contribution is 2.28. The zero-order valence-corrected chi connectivity index (χ0v) is 8.34.